The van der Waals surface area contributed by atoms with Crippen LogP contribution in [-0.2, 0) is 0 Å². The van der Waals surface area contributed by atoms with Crippen molar-refractivity contribution in [2.45, 2.75) is 25.7 Å². The van der Waals surface area contributed by atoms with Gasteiger partial charge < -0.3 is 15.2 Å². The van der Waals surface area contributed by atoms with Crippen LogP contribution in [0.5, 0.6) is 0 Å². The summed E-state index contributed by atoms with van der Waals surface area (Å²) in [4.78, 5) is 19.9. The van der Waals surface area contributed by atoms with Gasteiger partial charge in [0.25, 0.3) is 0 Å². The zero-order valence-electron chi connectivity index (χ0n) is 16.8. The van der Waals surface area contributed by atoms with Crippen LogP contribution in [-0.4, -0.2) is 56.3 Å². The largest absolute Gasteiger partial charge is 0.370 e. The topological polar surface area (TPSA) is 98.4 Å². The molecule has 30 heavy (non-hydrogen) atoms. The molecule has 8 heteroatoms. The van der Waals surface area contributed by atoms with E-state index in [4.69, 9.17) is 4.98 Å². The van der Waals surface area contributed by atoms with Crippen LogP contribution in [0, 0.1) is 0 Å². The Kier molecular flexibility index (Phi) is 4.23. The lowest BCUT2D eigenvalue weighted by Gasteiger charge is -2.28. The van der Waals surface area contributed by atoms with E-state index in [1.54, 1.807) is 0 Å². The van der Waals surface area contributed by atoms with Crippen LogP contribution in [0.3, 0.4) is 0 Å². The van der Waals surface area contributed by atoms with E-state index in [1.807, 2.05) is 12.4 Å². The second-order valence-corrected chi connectivity index (χ2v) is 8.03. The third-order valence-electron chi connectivity index (χ3n) is 6.13. The maximum absolute atomic E-state index is 4.78. The van der Waals surface area contributed by atoms with Crippen LogP contribution in [0.2, 0.25) is 0 Å². The summed E-state index contributed by atoms with van der Waals surface area (Å²) in [6.45, 7) is 4.04. The normalized spacial score (nSPS) is 17.6. The number of nitrogens with zero attached hydrogens (tertiary/aromatic N) is 5. The lowest BCUT2D eigenvalue weighted by Crippen LogP contribution is -2.29. The highest BCUT2D eigenvalue weighted by atomic mass is 15.2. The molecule has 2 aliphatic rings. The summed E-state index contributed by atoms with van der Waals surface area (Å²) in [6, 6.07) is 4.21. The third-order valence-corrected chi connectivity index (χ3v) is 6.13. The molecule has 6 rings (SSSR count). The Morgan fingerprint density at radius 1 is 1.07 bits per heavy atom. The fourth-order valence-electron chi connectivity index (χ4n) is 4.54. The first kappa shape index (κ1) is 17.6. The van der Waals surface area contributed by atoms with Gasteiger partial charge in [0.2, 0.25) is 0 Å². The van der Waals surface area contributed by atoms with E-state index in [0.29, 0.717) is 0 Å². The summed E-state index contributed by atoms with van der Waals surface area (Å²) in [5.74, 6) is 0.740. The van der Waals surface area contributed by atoms with E-state index in [2.05, 4.69) is 53.6 Å². The van der Waals surface area contributed by atoms with E-state index >= 15 is 0 Å². The van der Waals surface area contributed by atoms with Gasteiger partial charge in [-0.05, 0) is 49.9 Å². The number of hydrogen-bond donors (Lipinski definition) is 3. The number of hydrogen-bond acceptors (Lipinski definition) is 6. The number of aromatic amines is 2. The van der Waals surface area contributed by atoms with Crippen molar-refractivity contribution >= 4 is 33.3 Å². The Hall–Kier alpha value is -3.26. The van der Waals surface area contributed by atoms with Crippen molar-refractivity contribution < 1.29 is 0 Å². The molecule has 6 heterocycles. The van der Waals surface area contributed by atoms with Crippen LogP contribution in [0.15, 0.2) is 30.6 Å². The molecule has 0 aliphatic carbocycles. The van der Waals surface area contributed by atoms with Gasteiger partial charge in [-0.2, -0.15) is 5.10 Å². The van der Waals surface area contributed by atoms with Crippen molar-refractivity contribution in [3.63, 3.8) is 0 Å². The molecule has 2 aliphatic heterocycles. The molecular formula is C22H24N8. The molecule has 152 valence electrons. The maximum Gasteiger partial charge on any atom is 0.180 e. The number of pyridine rings is 2. The van der Waals surface area contributed by atoms with Crippen molar-refractivity contribution in [2.24, 2.45) is 0 Å². The Bertz CT molecular complexity index is 1240. The van der Waals surface area contributed by atoms with Gasteiger partial charge in [-0.15, -0.1) is 0 Å². The molecule has 1 fully saturated rings. The lowest BCUT2D eigenvalue weighted by atomic mass is 10.0. The Labute approximate surface area is 173 Å². The average Bonchev–Trinajstić information content (AvgIpc) is 3.43. The number of H-pyrrole nitrogens is 2. The number of fused-ring (bicyclic) bond motifs is 2. The first-order valence-corrected chi connectivity index (χ1v) is 10.7. The molecule has 4 aromatic rings. The monoisotopic (exact) mass is 400 g/mol. The van der Waals surface area contributed by atoms with Crippen molar-refractivity contribution in [3.05, 3.63) is 36.3 Å². The molecule has 0 atom stereocenters. The van der Waals surface area contributed by atoms with Crippen LogP contribution in [0.25, 0.3) is 39.2 Å². The highest BCUT2D eigenvalue weighted by Crippen LogP contribution is 2.31. The minimum Gasteiger partial charge on any atom is -0.370 e. The van der Waals surface area contributed by atoms with Gasteiger partial charge in [-0.3, -0.25) is 10.1 Å². The molecule has 8 nitrogen and oxygen atoms in total. The second kappa shape index (κ2) is 7.21. The lowest BCUT2D eigenvalue weighted by molar-refractivity contribution is 0.578. The SMILES string of the molecule is C1=C(c2cc3c(-c4nc5nccc(N6CCCCC6)c5[nH]4)n[nH]c3cn2)CCNC1. The van der Waals surface area contributed by atoms with E-state index in [0.717, 1.165) is 71.9 Å². The van der Waals surface area contributed by atoms with Gasteiger partial charge in [-0.1, -0.05) is 6.08 Å². The standard InChI is InChI=1S/C22H24N8/c1-2-10-30(11-3-1)18-6-9-24-21-20(18)26-22(27-21)19-15-12-16(14-4-7-23-8-5-14)25-13-17(15)28-29-19/h4,6,9,12-13,23H,1-3,5,7-8,10-11H2,(H,28,29)(H,24,26,27). The number of piperidine rings is 1. The Morgan fingerprint density at radius 3 is 2.87 bits per heavy atom. The summed E-state index contributed by atoms with van der Waals surface area (Å²) < 4.78 is 0. The molecule has 0 aromatic carbocycles. The summed E-state index contributed by atoms with van der Waals surface area (Å²) in [6.07, 6.45) is 10.7. The molecule has 0 spiro atoms. The predicted octanol–water partition coefficient (Wildman–Crippen LogP) is 3.26. The van der Waals surface area contributed by atoms with Gasteiger partial charge in [0, 0.05) is 31.2 Å². The smallest absolute Gasteiger partial charge is 0.180 e. The van der Waals surface area contributed by atoms with Gasteiger partial charge in [0.15, 0.2) is 11.5 Å². The van der Waals surface area contributed by atoms with E-state index in [1.165, 1.54) is 30.5 Å². The highest BCUT2D eigenvalue weighted by molar-refractivity contribution is 5.95. The fourth-order valence-corrected chi connectivity index (χ4v) is 4.54. The molecular weight excluding hydrogens is 376 g/mol. The summed E-state index contributed by atoms with van der Waals surface area (Å²) in [7, 11) is 0. The number of aromatic nitrogens is 6. The third kappa shape index (κ3) is 2.95. The molecule has 1 saturated heterocycles. The average molecular weight is 400 g/mol. The highest BCUT2D eigenvalue weighted by Gasteiger charge is 2.19. The summed E-state index contributed by atoms with van der Waals surface area (Å²) in [5, 5.41) is 12.0. The molecule has 4 aromatic heterocycles. The quantitative estimate of drug-likeness (QED) is 0.488. The molecule has 0 unspecified atom stereocenters. The fraction of sp³-hybridized carbons (Fsp3) is 0.364. The zero-order valence-corrected chi connectivity index (χ0v) is 16.8. The first-order valence-electron chi connectivity index (χ1n) is 10.7. The molecule has 3 N–H and O–H groups in total. The maximum atomic E-state index is 4.78. The molecule has 0 saturated carbocycles. The summed E-state index contributed by atoms with van der Waals surface area (Å²) >= 11 is 0. The summed E-state index contributed by atoms with van der Waals surface area (Å²) in [5.41, 5.74) is 6.91. The Balaban J connectivity index is 1.44. The number of imidazole rings is 1. The zero-order chi connectivity index (χ0) is 19.9. The minimum atomic E-state index is 0.736. The predicted molar refractivity (Wildman–Crippen MR) is 118 cm³/mol. The van der Waals surface area contributed by atoms with Crippen molar-refractivity contribution in [3.8, 4) is 11.5 Å². The van der Waals surface area contributed by atoms with Gasteiger partial charge >= 0.3 is 0 Å². The molecule has 0 amide bonds. The van der Waals surface area contributed by atoms with Crippen LogP contribution >= 0.6 is 0 Å². The van der Waals surface area contributed by atoms with E-state index in [-0.39, 0.29) is 0 Å². The number of rotatable bonds is 3. The number of nitrogens with one attached hydrogen (secondary N) is 3. The van der Waals surface area contributed by atoms with Gasteiger partial charge in [0.05, 0.1) is 23.1 Å². The van der Waals surface area contributed by atoms with Crippen molar-refractivity contribution in [1.82, 2.24) is 35.5 Å². The Morgan fingerprint density at radius 2 is 2.00 bits per heavy atom. The van der Waals surface area contributed by atoms with Crippen LogP contribution in [0.1, 0.15) is 31.4 Å². The van der Waals surface area contributed by atoms with E-state index < -0.39 is 0 Å². The van der Waals surface area contributed by atoms with Gasteiger partial charge in [-0.25, -0.2) is 9.97 Å². The van der Waals surface area contributed by atoms with Crippen molar-refractivity contribution in [1.29, 1.82) is 0 Å². The van der Waals surface area contributed by atoms with Crippen LogP contribution < -0.4 is 10.2 Å². The van der Waals surface area contributed by atoms with Crippen molar-refractivity contribution in [2.75, 3.05) is 31.1 Å². The second-order valence-electron chi connectivity index (χ2n) is 8.03. The first-order chi connectivity index (χ1) is 14.9. The number of anilines is 1. The van der Waals surface area contributed by atoms with Gasteiger partial charge in [0.1, 0.15) is 11.2 Å². The molecule has 0 bridgehead atoms. The van der Waals surface area contributed by atoms with Crippen LogP contribution in [0.4, 0.5) is 5.69 Å². The van der Waals surface area contributed by atoms with E-state index in [9.17, 15) is 0 Å². The molecule has 0 radical (unpaired) electrons. The minimum absolute atomic E-state index is 0.736.